The maximum Gasteiger partial charge on any atom is 0.0777 e. The highest BCUT2D eigenvalue weighted by molar-refractivity contribution is 6.33. The van der Waals surface area contributed by atoms with Crippen LogP contribution in [0.1, 0.15) is 116 Å². The fraction of sp³-hybridized carbons (Fsp3) is 0.500. The van der Waals surface area contributed by atoms with Gasteiger partial charge in [-0.05, 0) is 103 Å². The van der Waals surface area contributed by atoms with E-state index >= 15 is 0 Å². The van der Waals surface area contributed by atoms with Gasteiger partial charge in [-0.1, -0.05) is 55.4 Å². The molecule has 0 saturated heterocycles. The van der Waals surface area contributed by atoms with E-state index in [1.165, 1.54) is 56.2 Å². The van der Waals surface area contributed by atoms with Crippen molar-refractivity contribution in [3.63, 3.8) is 0 Å². The first-order valence-corrected chi connectivity index (χ1v) is 16.9. The number of hydrogen-bond acceptors (Lipinski definition) is 4. The molecule has 4 aliphatic rings. The van der Waals surface area contributed by atoms with E-state index in [2.05, 4.69) is 90.1 Å². The number of nitrogens with zero attached hydrogens (tertiary/aromatic N) is 3. The summed E-state index contributed by atoms with van der Waals surface area (Å²) in [6.45, 7) is 18.2. The lowest BCUT2D eigenvalue weighted by Gasteiger charge is -2.21. The second-order valence-electron chi connectivity index (χ2n) is 11.9. The van der Waals surface area contributed by atoms with Crippen LogP contribution in [0, 0.1) is 11.8 Å². The van der Waals surface area contributed by atoms with Crippen LogP contribution in [-0.2, 0) is 12.8 Å². The van der Waals surface area contributed by atoms with Crippen LogP contribution in [-0.4, -0.2) is 29.2 Å². The predicted octanol–water partition coefficient (Wildman–Crippen LogP) is 9.47. The molecule has 5 heterocycles. The Morgan fingerprint density at radius 2 is 1.23 bits per heavy atom. The van der Waals surface area contributed by atoms with Crippen LogP contribution in [0.25, 0.3) is 12.2 Å². The summed E-state index contributed by atoms with van der Waals surface area (Å²) in [5.41, 5.74) is 18.4. The molecular weight excluding hydrogens is 526 g/mol. The van der Waals surface area contributed by atoms with Gasteiger partial charge < -0.3 is 10.3 Å². The van der Waals surface area contributed by atoms with Crippen LogP contribution in [0.5, 0.6) is 0 Å². The van der Waals surface area contributed by atoms with Crippen LogP contribution in [0.3, 0.4) is 0 Å². The fourth-order valence-corrected chi connectivity index (χ4v) is 7.84. The summed E-state index contributed by atoms with van der Waals surface area (Å²) in [4.78, 5) is 20.1. The molecule has 0 spiro atoms. The highest BCUT2D eigenvalue weighted by Gasteiger charge is 2.38. The molecule has 2 N–H and O–H groups in total. The molecule has 0 saturated carbocycles. The van der Waals surface area contributed by atoms with E-state index in [9.17, 15) is 0 Å². The number of fused-ring (bicyclic) bond motifs is 5. The summed E-state index contributed by atoms with van der Waals surface area (Å²) in [7, 11) is 1.99. The average Bonchev–Trinajstić information content (AvgIpc) is 3.74. The SMILES string of the molecule is CCC1=C(CC)C2=NC1=Cc1[nH]c(c(CC)c1CC)C=C1N=C(/C(=C/NC)C3=NC(=C2)C(CC)=C3CC)C(CC)C1CC. The van der Waals surface area contributed by atoms with Gasteiger partial charge in [-0.15, -0.1) is 0 Å². The molecule has 0 fully saturated rings. The quantitative estimate of drug-likeness (QED) is 0.302. The second kappa shape index (κ2) is 13.0. The highest BCUT2D eigenvalue weighted by atomic mass is 14.9. The fourth-order valence-electron chi connectivity index (χ4n) is 7.84. The Morgan fingerprint density at radius 3 is 1.79 bits per heavy atom. The van der Waals surface area contributed by atoms with Crippen molar-refractivity contribution in [3.05, 3.63) is 79.7 Å². The Hall–Kier alpha value is -3.47. The van der Waals surface area contributed by atoms with Crippen LogP contribution < -0.4 is 5.32 Å². The zero-order valence-electron chi connectivity index (χ0n) is 28.0. The molecule has 0 aromatic carbocycles. The largest absolute Gasteiger partial charge is 0.393 e. The van der Waals surface area contributed by atoms with Gasteiger partial charge in [0.05, 0.1) is 28.5 Å². The molecule has 2 atom stereocenters. The number of rotatable bonds is 9. The number of hydrogen-bond donors (Lipinski definition) is 2. The smallest absolute Gasteiger partial charge is 0.0777 e. The van der Waals surface area contributed by atoms with Gasteiger partial charge in [-0.25, -0.2) is 9.98 Å². The summed E-state index contributed by atoms with van der Waals surface area (Å²) < 4.78 is 0. The minimum atomic E-state index is 0.347. The Labute approximate surface area is 259 Å². The molecule has 5 nitrogen and oxygen atoms in total. The lowest BCUT2D eigenvalue weighted by molar-refractivity contribution is 0.475. The lowest BCUT2D eigenvalue weighted by atomic mass is 9.80. The molecular formula is C38H51N5. The Kier molecular flexibility index (Phi) is 9.39. The summed E-state index contributed by atoms with van der Waals surface area (Å²) in [5, 5.41) is 3.37. The van der Waals surface area contributed by atoms with Gasteiger partial charge in [0, 0.05) is 47.7 Å². The van der Waals surface area contributed by atoms with Gasteiger partial charge in [0.2, 0.25) is 0 Å². The van der Waals surface area contributed by atoms with Crippen molar-refractivity contribution in [3.8, 4) is 0 Å². The van der Waals surface area contributed by atoms with Crippen LogP contribution in [0.2, 0.25) is 0 Å². The molecule has 5 rings (SSSR count). The van der Waals surface area contributed by atoms with Crippen LogP contribution in [0.4, 0.5) is 0 Å². The number of H-pyrrole nitrogens is 1. The first-order chi connectivity index (χ1) is 20.9. The minimum absolute atomic E-state index is 0.347. The zero-order chi connectivity index (χ0) is 30.8. The second-order valence-corrected chi connectivity index (χ2v) is 11.9. The molecule has 0 amide bonds. The molecule has 1 aromatic rings. The summed E-state index contributed by atoms with van der Waals surface area (Å²) in [6, 6.07) is 0. The molecule has 43 heavy (non-hydrogen) atoms. The number of nitrogens with one attached hydrogen (secondary N) is 2. The lowest BCUT2D eigenvalue weighted by Crippen LogP contribution is -2.24. The van der Waals surface area contributed by atoms with E-state index in [0.717, 1.165) is 79.8 Å². The number of allylic oxidation sites excluding steroid dienone is 7. The van der Waals surface area contributed by atoms with Gasteiger partial charge in [-0.2, -0.15) is 0 Å². The van der Waals surface area contributed by atoms with Crippen molar-refractivity contribution >= 4 is 29.3 Å². The molecule has 5 heteroatoms. The molecule has 1 aromatic heterocycles. The van der Waals surface area contributed by atoms with Gasteiger partial charge in [-0.3, -0.25) is 4.99 Å². The van der Waals surface area contributed by atoms with Crippen molar-refractivity contribution in [1.82, 2.24) is 10.3 Å². The molecule has 228 valence electrons. The molecule has 8 bridgehead atoms. The van der Waals surface area contributed by atoms with Crippen molar-refractivity contribution < 1.29 is 0 Å². The van der Waals surface area contributed by atoms with Crippen molar-refractivity contribution in [2.45, 2.75) is 107 Å². The van der Waals surface area contributed by atoms with Crippen LogP contribution in [0.15, 0.2) is 72.2 Å². The van der Waals surface area contributed by atoms with Crippen LogP contribution >= 0.6 is 0 Å². The Morgan fingerprint density at radius 1 is 0.651 bits per heavy atom. The minimum Gasteiger partial charge on any atom is -0.393 e. The number of aromatic nitrogens is 1. The van der Waals surface area contributed by atoms with Gasteiger partial charge in [0.1, 0.15) is 0 Å². The first-order valence-electron chi connectivity index (χ1n) is 16.9. The van der Waals surface area contributed by atoms with E-state index < -0.39 is 0 Å². The monoisotopic (exact) mass is 577 g/mol. The van der Waals surface area contributed by atoms with Crippen molar-refractivity contribution in [2.75, 3.05) is 7.05 Å². The maximum absolute atomic E-state index is 5.49. The molecule has 4 aliphatic heterocycles. The van der Waals surface area contributed by atoms with E-state index in [1.54, 1.807) is 0 Å². The number of aromatic amines is 1. The zero-order valence-corrected chi connectivity index (χ0v) is 28.0. The third-order valence-electron chi connectivity index (χ3n) is 9.83. The Bertz CT molecular complexity index is 1570. The average molecular weight is 578 g/mol. The normalized spacial score (nSPS) is 22.6. The number of aliphatic imine (C=N–C) groups is 3. The van der Waals surface area contributed by atoms with Crippen molar-refractivity contribution in [2.24, 2.45) is 26.8 Å². The highest BCUT2D eigenvalue weighted by Crippen LogP contribution is 2.43. The summed E-state index contributed by atoms with van der Waals surface area (Å²) in [5.74, 6) is 0.718. The standard InChI is InChI=1S/C38H51N5/c1-10-22-24(12-3)33-19-35-26(14-5)28(16-7)37(42-35)30(21-39-9)38-29(17-8)27(15-6)36(43-38)20-34-25(13-4)23(11-2)32(41-34)18-31(22)40-33/h18-21,26,28,39-40H,10-17H2,1-9H3/b30-21-,32-18?,35-19?,36-20?. The van der Waals surface area contributed by atoms with E-state index in [1.807, 2.05) is 7.05 Å². The van der Waals surface area contributed by atoms with Crippen molar-refractivity contribution in [1.29, 1.82) is 0 Å². The maximum atomic E-state index is 5.49. The van der Waals surface area contributed by atoms with Gasteiger partial charge in [0.25, 0.3) is 0 Å². The molecule has 0 aliphatic carbocycles. The van der Waals surface area contributed by atoms with Gasteiger partial charge in [0.15, 0.2) is 0 Å². The van der Waals surface area contributed by atoms with Gasteiger partial charge >= 0.3 is 0 Å². The Balaban J connectivity index is 1.89. The third kappa shape index (κ3) is 5.19. The summed E-state index contributed by atoms with van der Waals surface area (Å²) in [6.07, 6.45) is 16.9. The topological polar surface area (TPSA) is 64.9 Å². The molecule has 0 radical (unpaired) electrons. The third-order valence-corrected chi connectivity index (χ3v) is 9.83. The first kappa shape index (κ1) is 31.0. The van der Waals surface area contributed by atoms with E-state index in [4.69, 9.17) is 15.0 Å². The predicted molar refractivity (Wildman–Crippen MR) is 186 cm³/mol. The van der Waals surface area contributed by atoms with E-state index in [0.29, 0.717) is 11.8 Å². The summed E-state index contributed by atoms with van der Waals surface area (Å²) >= 11 is 0. The molecule has 2 unspecified atom stereocenters. The van der Waals surface area contributed by atoms with E-state index in [-0.39, 0.29) is 0 Å².